The number of imide groups is 1. The van der Waals surface area contributed by atoms with Gasteiger partial charge in [0.1, 0.15) is 5.75 Å². The molecule has 8 nitrogen and oxygen atoms in total. The second-order valence-corrected chi connectivity index (χ2v) is 9.89. The maximum atomic E-state index is 13.2. The Kier molecular flexibility index (Phi) is 9.66. The zero-order valence-electron chi connectivity index (χ0n) is 21.5. The van der Waals surface area contributed by atoms with Gasteiger partial charge in [0.25, 0.3) is 5.91 Å². The van der Waals surface area contributed by atoms with Crippen LogP contribution in [0.1, 0.15) is 22.3 Å². The molecule has 0 spiro atoms. The van der Waals surface area contributed by atoms with Crippen molar-refractivity contribution in [2.24, 2.45) is 11.5 Å². The van der Waals surface area contributed by atoms with E-state index in [4.69, 9.17) is 16.2 Å². The number of thiophene rings is 1. The summed E-state index contributed by atoms with van der Waals surface area (Å²) in [7, 11) is 0. The Morgan fingerprint density at radius 3 is 2.33 bits per heavy atom. The standard InChI is InChI=1S/C30H31N4O4S/c31-17-22-5-7-23(8-6-22)18-33-30(37)34(16-15-24-20-39-27-4-2-1-3-26(24)27)29(36)14-11-21-9-12-25(13-10-21)38-19-28(32)35/h1-10,12-14,20H,11,15-19,31H2,(H2,32,35)(H,33,37). The number of hydrogen-bond acceptors (Lipinski definition) is 6. The molecule has 1 heterocycles. The maximum Gasteiger partial charge on any atom is 0.324 e. The molecule has 39 heavy (non-hydrogen) atoms. The van der Waals surface area contributed by atoms with Gasteiger partial charge in [-0.25, -0.2) is 4.79 Å². The normalized spacial score (nSPS) is 10.8. The van der Waals surface area contributed by atoms with Crippen LogP contribution in [0, 0.1) is 6.42 Å². The van der Waals surface area contributed by atoms with Crippen molar-refractivity contribution in [1.82, 2.24) is 10.2 Å². The third kappa shape index (κ3) is 7.89. The minimum Gasteiger partial charge on any atom is -0.484 e. The maximum absolute atomic E-state index is 13.2. The van der Waals surface area contributed by atoms with Gasteiger partial charge in [-0.1, -0.05) is 54.6 Å². The first kappa shape index (κ1) is 27.8. The summed E-state index contributed by atoms with van der Waals surface area (Å²) in [5, 5.41) is 6.09. The van der Waals surface area contributed by atoms with Crippen molar-refractivity contribution in [3.05, 3.63) is 107 Å². The highest BCUT2D eigenvalue weighted by molar-refractivity contribution is 7.17. The molecule has 0 unspecified atom stereocenters. The monoisotopic (exact) mass is 543 g/mol. The van der Waals surface area contributed by atoms with E-state index in [0.29, 0.717) is 31.7 Å². The van der Waals surface area contributed by atoms with Crippen molar-refractivity contribution in [3.63, 3.8) is 0 Å². The number of ether oxygens (including phenoxy) is 1. The second-order valence-electron chi connectivity index (χ2n) is 8.98. The van der Waals surface area contributed by atoms with Crippen LogP contribution in [-0.2, 0) is 35.5 Å². The highest BCUT2D eigenvalue weighted by atomic mass is 32.1. The Hall–Kier alpha value is -4.21. The van der Waals surface area contributed by atoms with Gasteiger partial charge in [0.15, 0.2) is 6.61 Å². The summed E-state index contributed by atoms with van der Waals surface area (Å²) in [6.45, 7) is 0.783. The molecule has 5 N–H and O–H groups in total. The fourth-order valence-electron chi connectivity index (χ4n) is 4.03. The second kappa shape index (κ2) is 13.5. The van der Waals surface area contributed by atoms with E-state index in [0.717, 1.165) is 27.6 Å². The topological polar surface area (TPSA) is 128 Å². The largest absolute Gasteiger partial charge is 0.484 e. The van der Waals surface area contributed by atoms with Gasteiger partial charge in [-0.05, 0) is 64.1 Å². The smallest absolute Gasteiger partial charge is 0.324 e. The number of urea groups is 1. The van der Waals surface area contributed by atoms with Crippen LogP contribution in [0.3, 0.4) is 0 Å². The van der Waals surface area contributed by atoms with E-state index < -0.39 is 11.9 Å². The zero-order valence-corrected chi connectivity index (χ0v) is 22.3. The molecular formula is C30H31N4O4S. The molecule has 9 heteroatoms. The summed E-state index contributed by atoms with van der Waals surface area (Å²) in [5.74, 6) is -0.425. The molecule has 4 rings (SSSR count). The number of hydrogen-bond donors (Lipinski definition) is 3. The number of fused-ring (bicyclic) bond motifs is 1. The highest BCUT2D eigenvalue weighted by Gasteiger charge is 2.22. The molecule has 0 bridgehead atoms. The first-order chi connectivity index (χ1) is 18.9. The Balaban J connectivity index is 1.40. The first-order valence-electron chi connectivity index (χ1n) is 12.6. The number of primary amides is 1. The molecule has 201 valence electrons. The van der Waals surface area contributed by atoms with Crippen molar-refractivity contribution in [2.45, 2.75) is 25.9 Å². The van der Waals surface area contributed by atoms with Crippen LogP contribution in [0.25, 0.3) is 10.1 Å². The van der Waals surface area contributed by atoms with E-state index in [1.54, 1.807) is 35.6 Å². The average molecular weight is 544 g/mol. The van der Waals surface area contributed by atoms with Gasteiger partial charge in [-0.3, -0.25) is 14.5 Å². The van der Waals surface area contributed by atoms with E-state index in [2.05, 4.69) is 22.8 Å². The van der Waals surface area contributed by atoms with Gasteiger partial charge in [0.05, 0.1) is 6.42 Å². The van der Waals surface area contributed by atoms with E-state index in [1.807, 2.05) is 36.4 Å². The van der Waals surface area contributed by atoms with Crippen molar-refractivity contribution in [3.8, 4) is 5.75 Å². The van der Waals surface area contributed by atoms with Crippen LogP contribution >= 0.6 is 11.3 Å². The third-order valence-corrected chi connectivity index (χ3v) is 7.21. The lowest BCUT2D eigenvalue weighted by molar-refractivity contribution is -0.125. The lowest BCUT2D eigenvalue weighted by Crippen LogP contribution is -2.45. The Morgan fingerprint density at radius 2 is 1.62 bits per heavy atom. The fourth-order valence-corrected chi connectivity index (χ4v) is 5.03. The number of rotatable bonds is 12. The van der Waals surface area contributed by atoms with E-state index >= 15 is 0 Å². The van der Waals surface area contributed by atoms with Crippen LogP contribution < -0.4 is 21.5 Å². The van der Waals surface area contributed by atoms with Gasteiger partial charge in [-0.2, -0.15) is 0 Å². The third-order valence-electron chi connectivity index (χ3n) is 6.20. The molecule has 4 amide bonds. The molecule has 1 aromatic heterocycles. The average Bonchev–Trinajstić information content (AvgIpc) is 3.37. The first-order valence-corrected chi connectivity index (χ1v) is 13.5. The van der Waals surface area contributed by atoms with Gasteiger partial charge in [-0.15, -0.1) is 11.3 Å². The van der Waals surface area contributed by atoms with Crippen LogP contribution in [0.15, 0.2) is 78.2 Å². The predicted octanol–water partition coefficient (Wildman–Crippen LogP) is 3.95. The highest BCUT2D eigenvalue weighted by Crippen LogP contribution is 2.26. The van der Waals surface area contributed by atoms with Gasteiger partial charge in [0, 0.05) is 24.3 Å². The number of benzene rings is 3. The molecule has 1 radical (unpaired) electrons. The summed E-state index contributed by atoms with van der Waals surface area (Å²) in [6.07, 6.45) is 2.38. The molecule has 0 aliphatic heterocycles. The fraction of sp³-hybridized carbons (Fsp3) is 0.200. The predicted molar refractivity (Wildman–Crippen MR) is 153 cm³/mol. The summed E-state index contributed by atoms with van der Waals surface area (Å²) in [4.78, 5) is 38.6. The molecule has 4 aromatic rings. The van der Waals surface area contributed by atoms with E-state index in [1.165, 1.54) is 16.0 Å². The van der Waals surface area contributed by atoms with Crippen LogP contribution in [0.2, 0.25) is 0 Å². The van der Waals surface area contributed by atoms with Crippen molar-refractivity contribution in [1.29, 1.82) is 0 Å². The van der Waals surface area contributed by atoms with Crippen molar-refractivity contribution >= 4 is 39.3 Å². The number of carbonyl (C=O) groups is 3. The van der Waals surface area contributed by atoms with Crippen LogP contribution in [-0.4, -0.2) is 35.9 Å². The number of amides is 4. The minimum absolute atomic E-state index is 0.204. The number of nitrogens with two attached hydrogens (primary N) is 2. The lowest BCUT2D eigenvalue weighted by atomic mass is 10.1. The summed E-state index contributed by atoms with van der Waals surface area (Å²) >= 11 is 1.65. The molecule has 0 saturated heterocycles. The number of carbonyl (C=O) groups excluding carboxylic acids is 3. The minimum atomic E-state index is -0.556. The van der Waals surface area contributed by atoms with Crippen LogP contribution in [0.4, 0.5) is 4.79 Å². The van der Waals surface area contributed by atoms with Gasteiger partial charge in [0.2, 0.25) is 5.91 Å². The van der Waals surface area contributed by atoms with E-state index in [9.17, 15) is 14.4 Å². The molecule has 0 saturated carbocycles. The molecule has 0 fully saturated rings. The quantitative estimate of drug-likeness (QED) is 0.249. The number of nitrogens with one attached hydrogen (secondary N) is 1. The molecule has 0 aliphatic carbocycles. The Morgan fingerprint density at radius 1 is 0.923 bits per heavy atom. The summed E-state index contributed by atoms with van der Waals surface area (Å²) in [6, 6.07) is 22.3. The lowest BCUT2D eigenvalue weighted by Gasteiger charge is -2.21. The van der Waals surface area contributed by atoms with Crippen molar-refractivity contribution < 1.29 is 19.1 Å². The van der Waals surface area contributed by atoms with Crippen LogP contribution in [0.5, 0.6) is 5.75 Å². The number of nitrogens with zero attached hydrogens (tertiary/aromatic N) is 1. The molecule has 3 aromatic carbocycles. The van der Waals surface area contributed by atoms with Gasteiger partial charge < -0.3 is 21.5 Å². The van der Waals surface area contributed by atoms with Gasteiger partial charge >= 0.3 is 6.03 Å². The Labute approximate surface area is 231 Å². The molecular weight excluding hydrogens is 512 g/mol. The summed E-state index contributed by atoms with van der Waals surface area (Å²) < 4.78 is 6.45. The van der Waals surface area contributed by atoms with E-state index in [-0.39, 0.29) is 19.1 Å². The van der Waals surface area contributed by atoms with Crippen molar-refractivity contribution in [2.75, 3.05) is 13.2 Å². The Bertz CT molecular complexity index is 1420. The molecule has 0 aliphatic rings. The zero-order chi connectivity index (χ0) is 27.6. The molecule has 0 atom stereocenters. The SMILES string of the molecule is NCc1ccc(CNC(=O)N(CCc2csc3ccccc23)C(=O)[CH]Cc2ccc(OCC(N)=O)cc2)cc1. The summed E-state index contributed by atoms with van der Waals surface area (Å²) in [5.41, 5.74) is 14.7.